The fourth-order valence-corrected chi connectivity index (χ4v) is 4.16. The summed E-state index contributed by atoms with van der Waals surface area (Å²) in [6, 6.07) is 1.39. The third-order valence-corrected chi connectivity index (χ3v) is 5.47. The van der Waals surface area contributed by atoms with E-state index in [1.54, 1.807) is 0 Å². The average Bonchev–Trinajstić information content (AvgIpc) is 3.25. The Kier molecular flexibility index (Phi) is 9.11. The van der Waals surface area contributed by atoms with Crippen LogP contribution in [0.1, 0.15) is 58.3 Å². The van der Waals surface area contributed by atoms with Crippen molar-refractivity contribution in [3.05, 3.63) is 0 Å². The molecule has 0 radical (unpaired) electrons. The lowest BCUT2D eigenvalue weighted by Crippen LogP contribution is -2.45. The van der Waals surface area contributed by atoms with E-state index in [4.69, 9.17) is 9.73 Å². The molecule has 2 saturated heterocycles. The largest absolute Gasteiger partial charge is 0.376 e. The van der Waals surface area contributed by atoms with Gasteiger partial charge in [-0.1, -0.05) is 12.8 Å². The molecule has 0 amide bonds. The Bertz CT molecular complexity index is 381. The van der Waals surface area contributed by atoms with Crippen LogP contribution in [0.25, 0.3) is 0 Å². The summed E-state index contributed by atoms with van der Waals surface area (Å²) in [6.45, 7) is 7.16. The minimum atomic E-state index is 0. The van der Waals surface area contributed by atoms with Crippen LogP contribution in [0.2, 0.25) is 0 Å². The van der Waals surface area contributed by atoms with Gasteiger partial charge in [0.25, 0.3) is 0 Å². The van der Waals surface area contributed by atoms with Crippen molar-refractivity contribution in [2.24, 2.45) is 4.99 Å². The van der Waals surface area contributed by atoms with E-state index in [9.17, 15) is 0 Å². The van der Waals surface area contributed by atoms with Crippen LogP contribution >= 0.6 is 24.0 Å². The van der Waals surface area contributed by atoms with Crippen molar-refractivity contribution >= 4 is 29.9 Å². The summed E-state index contributed by atoms with van der Waals surface area (Å²) in [5.74, 6) is 0.972. The summed E-state index contributed by atoms with van der Waals surface area (Å²) in [7, 11) is 0. The molecule has 0 aromatic carbocycles. The predicted molar refractivity (Wildman–Crippen MR) is 110 cm³/mol. The van der Waals surface area contributed by atoms with Gasteiger partial charge in [-0.25, -0.2) is 0 Å². The second kappa shape index (κ2) is 10.8. The van der Waals surface area contributed by atoms with E-state index in [2.05, 4.69) is 22.5 Å². The van der Waals surface area contributed by atoms with Crippen LogP contribution in [-0.4, -0.2) is 61.8 Å². The molecule has 2 heterocycles. The van der Waals surface area contributed by atoms with Gasteiger partial charge in [-0.15, -0.1) is 24.0 Å². The van der Waals surface area contributed by atoms with E-state index >= 15 is 0 Å². The van der Waals surface area contributed by atoms with Gasteiger partial charge in [0.1, 0.15) is 0 Å². The molecule has 2 unspecified atom stereocenters. The van der Waals surface area contributed by atoms with E-state index in [-0.39, 0.29) is 24.0 Å². The predicted octanol–water partition coefficient (Wildman–Crippen LogP) is 2.75. The molecule has 1 saturated carbocycles. The molecule has 2 atom stereocenters. The Morgan fingerprint density at radius 1 is 1.12 bits per heavy atom. The number of nitrogens with zero attached hydrogens (tertiary/aromatic N) is 2. The number of halogens is 1. The van der Waals surface area contributed by atoms with Crippen molar-refractivity contribution in [3.63, 3.8) is 0 Å². The smallest absolute Gasteiger partial charge is 0.191 e. The quantitative estimate of drug-likeness (QED) is 0.384. The van der Waals surface area contributed by atoms with E-state index < -0.39 is 0 Å². The highest BCUT2D eigenvalue weighted by Gasteiger charge is 2.30. The van der Waals surface area contributed by atoms with E-state index in [1.807, 2.05) is 0 Å². The maximum Gasteiger partial charge on any atom is 0.191 e. The zero-order chi connectivity index (χ0) is 15.9. The zero-order valence-electron chi connectivity index (χ0n) is 15.1. The minimum absolute atomic E-state index is 0. The van der Waals surface area contributed by atoms with Crippen LogP contribution in [0.3, 0.4) is 0 Å². The number of ether oxygens (including phenoxy) is 1. The highest BCUT2D eigenvalue weighted by Crippen LogP contribution is 2.26. The molecule has 2 N–H and O–H groups in total. The van der Waals surface area contributed by atoms with Gasteiger partial charge >= 0.3 is 0 Å². The Hall–Kier alpha value is -0.0800. The first-order chi connectivity index (χ1) is 11.3. The topological polar surface area (TPSA) is 48.9 Å². The molecule has 140 valence electrons. The van der Waals surface area contributed by atoms with E-state index in [0.717, 1.165) is 38.1 Å². The lowest BCUT2D eigenvalue weighted by atomic mass is 10.1. The summed E-state index contributed by atoms with van der Waals surface area (Å²) < 4.78 is 5.79. The fourth-order valence-electron chi connectivity index (χ4n) is 4.16. The van der Waals surface area contributed by atoms with Crippen molar-refractivity contribution in [3.8, 4) is 0 Å². The van der Waals surface area contributed by atoms with Crippen LogP contribution in [0.15, 0.2) is 4.99 Å². The fraction of sp³-hybridized carbons (Fsp3) is 0.944. The molecule has 3 aliphatic rings. The van der Waals surface area contributed by atoms with E-state index in [1.165, 1.54) is 58.0 Å². The molecule has 2 aliphatic heterocycles. The van der Waals surface area contributed by atoms with Crippen molar-refractivity contribution in [2.45, 2.75) is 76.5 Å². The van der Waals surface area contributed by atoms with Gasteiger partial charge in [0, 0.05) is 38.3 Å². The van der Waals surface area contributed by atoms with Gasteiger partial charge in [-0.2, -0.15) is 0 Å². The molecule has 0 bridgehead atoms. The molecule has 6 heteroatoms. The van der Waals surface area contributed by atoms with Crippen LogP contribution in [0.5, 0.6) is 0 Å². The standard InChI is InChI=1S/C18H34N4O.HI/c1-2-19-18(20-13-17-9-5-6-12-23-17)21-15-10-11-22(14-15)16-7-3-4-8-16;/h15-17H,2-14H2,1H3,(H2,19,20,21);1H. The molecule has 0 aromatic rings. The third-order valence-electron chi connectivity index (χ3n) is 5.47. The van der Waals surface area contributed by atoms with Crippen LogP contribution in [-0.2, 0) is 4.74 Å². The Balaban J connectivity index is 0.00000208. The average molecular weight is 450 g/mol. The van der Waals surface area contributed by atoms with Crippen LogP contribution in [0.4, 0.5) is 0 Å². The Morgan fingerprint density at radius 2 is 1.92 bits per heavy atom. The first-order valence-corrected chi connectivity index (χ1v) is 9.75. The molecule has 5 nitrogen and oxygen atoms in total. The Morgan fingerprint density at radius 3 is 2.62 bits per heavy atom. The second-order valence-corrected chi connectivity index (χ2v) is 7.27. The Labute approximate surface area is 164 Å². The van der Waals surface area contributed by atoms with Gasteiger partial charge in [0.05, 0.1) is 12.6 Å². The maximum atomic E-state index is 5.79. The van der Waals surface area contributed by atoms with Gasteiger partial charge < -0.3 is 15.4 Å². The van der Waals surface area contributed by atoms with Crippen molar-refractivity contribution in [1.82, 2.24) is 15.5 Å². The second-order valence-electron chi connectivity index (χ2n) is 7.27. The van der Waals surface area contributed by atoms with Crippen LogP contribution in [0, 0.1) is 0 Å². The maximum absolute atomic E-state index is 5.79. The number of hydrogen-bond acceptors (Lipinski definition) is 3. The van der Waals surface area contributed by atoms with Gasteiger partial charge in [0.2, 0.25) is 0 Å². The molecular weight excluding hydrogens is 415 g/mol. The summed E-state index contributed by atoms with van der Waals surface area (Å²) in [5, 5.41) is 7.05. The number of rotatable bonds is 5. The molecule has 1 aliphatic carbocycles. The minimum Gasteiger partial charge on any atom is -0.376 e. The lowest BCUT2D eigenvalue weighted by Gasteiger charge is -2.24. The normalized spacial score (nSPS) is 29.5. The summed E-state index contributed by atoms with van der Waals surface area (Å²) in [6.07, 6.45) is 10.8. The number of likely N-dealkylation sites (tertiary alicyclic amines) is 1. The number of nitrogens with one attached hydrogen (secondary N) is 2. The van der Waals surface area contributed by atoms with Crippen molar-refractivity contribution in [2.75, 3.05) is 32.8 Å². The first-order valence-electron chi connectivity index (χ1n) is 9.75. The highest BCUT2D eigenvalue weighted by atomic mass is 127. The third kappa shape index (κ3) is 6.02. The van der Waals surface area contributed by atoms with Crippen molar-refractivity contribution in [1.29, 1.82) is 0 Å². The molecule has 0 spiro atoms. The summed E-state index contributed by atoms with van der Waals surface area (Å²) >= 11 is 0. The number of guanidine groups is 1. The van der Waals surface area contributed by atoms with Gasteiger partial charge in [0.15, 0.2) is 5.96 Å². The van der Waals surface area contributed by atoms with Gasteiger partial charge in [-0.05, 0) is 45.4 Å². The highest BCUT2D eigenvalue weighted by molar-refractivity contribution is 14.0. The summed E-state index contributed by atoms with van der Waals surface area (Å²) in [4.78, 5) is 7.47. The molecule has 3 fully saturated rings. The number of aliphatic imine (C=N–C) groups is 1. The molecular formula is C18H35IN4O. The SMILES string of the molecule is CCNC(=NCC1CCCCO1)NC1CCN(C2CCCC2)C1.I. The monoisotopic (exact) mass is 450 g/mol. The first kappa shape index (κ1) is 20.2. The molecule has 3 rings (SSSR count). The molecule has 0 aromatic heterocycles. The zero-order valence-corrected chi connectivity index (χ0v) is 17.5. The lowest BCUT2D eigenvalue weighted by molar-refractivity contribution is 0.0224. The van der Waals surface area contributed by atoms with E-state index in [0.29, 0.717) is 12.1 Å². The van der Waals surface area contributed by atoms with Crippen LogP contribution < -0.4 is 10.6 Å². The molecule has 24 heavy (non-hydrogen) atoms. The number of hydrogen-bond donors (Lipinski definition) is 2. The van der Waals surface area contributed by atoms with Crippen molar-refractivity contribution < 1.29 is 4.74 Å². The van der Waals surface area contributed by atoms with Gasteiger partial charge in [-0.3, -0.25) is 9.89 Å². The summed E-state index contributed by atoms with van der Waals surface area (Å²) in [5.41, 5.74) is 0.